The molecule has 0 bridgehead atoms. The third-order valence-electron chi connectivity index (χ3n) is 16.5. The number of fused-ring (bicyclic) bond motifs is 1. The van der Waals surface area contributed by atoms with Gasteiger partial charge in [-0.1, -0.05) is 218 Å². The Kier molecular flexibility index (Phi) is 23.3. The van der Waals surface area contributed by atoms with Crippen molar-refractivity contribution in [3.8, 4) is 0 Å². The van der Waals surface area contributed by atoms with E-state index in [2.05, 4.69) is 0 Å². The molecule has 4 saturated heterocycles. The van der Waals surface area contributed by atoms with E-state index < -0.39 is 109 Å². The van der Waals surface area contributed by atoms with Crippen LogP contribution < -0.4 is 0 Å². The standard InChI is InChI=1S/C75H76O17S/c1-78-64-61(81-44-51-29-13-4-14-30-51)59(48-85-73-67(89-70(76)54-35-19-7-20-36-54)65(79-2)63-60(86-73)49-84-72(91-63)56-39-23-9-24-40-56)87-74(68(64)90-71(77)55-37-21-8-22-38-55)92-66-62(82-45-52-31-15-5-16-32-52)58(47-80-43-50-27-11-3-12-28-50)88-75(93-57-41-25-10-26-42-57)69(66)83-46-53-33-17-6-18-34-53/h3-42,58-69,72-75H,43-49H2,1-2H3/t58-,59-,60-,61-,62-,63-,64+,65+,66+,67+,68+,69+,72?,73+,74-,75-/m1/s1. The van der Waals surface area contributed by atoms with Crippen LogP contribution in [0.25, 0.3) is 0 Å². The minimum absolute atomic E-state index is 0.0701. The van der Waals surface area contributed by atoms with Crippen molar-refractivity contribution in [3.63, 3.8) is 0 Å². The van der Waals surface area contributed by atoms with Crippen molar-refractivity contribution in [1.29, 1.82) is 0 Å². The first kappa shape index (κ1) is 65.6. The molecule has 4 aliphatic heterocycles. The largest absolute Gasteiger partial charge is 0.450 e. The van der Waals surface area contributed by atoms with Crippen LogP contribution in [0, 0.1) is 0 Å². The van der Waals surface area contributed by atoms with Crippen molar-refractivity contribution in [2.24, 2.45) is 0 Å². The van der Waals surface area contributed by atoms with Gasteiger partial charge in [0.15, 0.2) is 31.1 Å². The van der Waals surface area contributed by atoms with Crippen molar-refractivity contribution in [2.75, 3.05) is 34.0 Å². The van der Waals surface area contributed by atoms with Crippen LogP contribution in [-0.4, -0.2) is 137 Å². The van der Waals surface area contributed by atoms with Crippen molar-refractivity contribution >= 4 is 23.7 Å². The monoisotopic (exact) mass is 1280 g/mol. The van der Waals surface area contributed by atoms with Gasteiger partial charge in [-0.05, 0) is 58.7 Å². The summed E-state index contributed by atoms with van der Waals surface area (Å²) < 4.78 is 103. The molecule has 0 amide bonds. The van der Waals surface area contributed by atoms with Gasteiger partial charge >= 0.3 is 11.9 Å². The fourth-order valence-corrected chi connectivity index (χ4v) is 13.0. The number of ether oxygens (including phenoxy) is 15. The lowest BCUT2D eigenvalue weighted by atomic mass is 9.95. The number of thioether (sulfide) groups is 1. The second-order valence-electron chi connectivity index (χ2n) is 22.8. The van der Waals surface area contributed by atoms with E-state index in [1.165, 1.54) is 26.0 Å². The predicted molar refractivity (Wildman–Crippen MR) is 343 cm³/mol. The molecule has 4 heterocycles. The third kappa shape index (κ3) is 17.1. The third-order valence-corrected chi connectivity index (χ3v) is 17.7. The van der Waals surface area contributed by atoms with Crippen LogP contribution in [0.4, 0.5) is 0 Å². The van der Waals surface area contributed by atoms with Crippen LogP contribution in [0.15, 0.2) is 248 Å². The Balaban J connectivity index is 0.937. The van der Waals surface area contributed by atoms with Gasteiger partial charge in [-0.3, -0.25) is 0 Å². The summed E-state index contributed by atoms with van der Waals surface area (Å²) in [5.74, 6) is -1.32. The molecule has 8 aromatic rings. The molecule has 4 fully saturated rings. The van der Waals surface area contributed by atoms with Crippen LogP contribution in [0.5, 0.6) is 0 Å². The molecule has 93 heavy (non-hydrogen) atoms. The SMILES string of the molecule is CO[C@@H]1[C@H](OC(=O)c2ccccc2)[C@@H](O[C@@H]2[C@H](OCc3ccccc3)[C@@H](Sc3ccccc3)O[C@H](COCc3ccccc3)[C@H]2OCc2ccccc2)O[C@H](CO[C@H]2O[C@@H]3COC(c4ccccc4)O[C@H]3[C@H](OC)[C@@H]2OC(=O)c2ccccc2)[C@H]1OCc1ccccc1. The first-order valence-corrected chi connectivity index (χ1v) is 32.2. The normalized spacial score (nSPS) is 27.7. The molecule has 18 heteroatoms. The van der Waals surface area contributed by atoms with Gasteiger partial charge in [0, 0.05) is 24.7 Å². The summed E-state index contributed by atoms with van der Waals surface area (Å²) in [6.07, 6.45) is -15.6. The van der Waals surface area contributed by atoms with E-state index in [0.29, 0.717) is 5.56 Å². The summed E-state index contributed by atoms with van der Waals surface area (Å²) in [5.41, 5.74) is 4.20. The summed E-state index contributed by atoms with van der Waals surface area (Å²) >= 11 is 1.47. The maximum Gasteiger partial charge on any atom is 0.338 e. The number of hydrogen-bond acceptors (Lipinski definition) is 18. The van der Waals surface area contributed by atoms with Crippen LogP contribution in [0.2, 0.25) is 0 Å². The van der Waals surface area contributed by atoms with E-state index in [9.17, 15) is 9.59 Å². The van der Waals surface area contributed by atoms with E-state index in [1.54, 1.807) is 48.5 Å². The molecule has 17 nitrogen and oxygen atoms in total. The Morgan fingerprint density at radius 2 is 0.849 bits per heavy atom. The van der Waals surface area contributed by atoms with E-state index in [0.717, 1.165) is 32.7 Å². The van der Waals surface area contributed by atoms with E-state index >= 15 is 0 Å². The predicted octanol–water partition coefficient (Wildman–Crippen LogP) is 11.9. The molecule has 0 radical (unpaired) electrons. The van der Waals surface area contributed by atoms with Crippen molar-refractivity contribution in [2.45, 2.75) is 129 Å². The molecule has 0 N–H and O–H groups in total. The molecule has 12 rings (SSSR count). The average molecular weight is 1280 g/mol. The minimum Gasteiger partial charge on any atom is -0.450 e. The Morgan fingerprint density at radius 1 is 0.409 bits per heavy atom. The van der Waals surface area contributed by atoms with E-state index in [-0.39, 0.29) is 51.8 Å². The highest BCUT2D eigenvalue weighted by molar-refractivity contribution is 7.99. The lowest BCUT2D eigenvalue weighted by Gasteiger charge is -2.50. The minimum atomic E-state index is -1.49. The fraction of sp³-hybridized carbons (Fsp3) is 0.333. The van der Waals surface area contributed by atoms with Gasteiger partial charge in [0.2, 0.25) is 0 Å². The molecule has 4 aliphatic rings. The van der Waals surface area contributed by atoms with E-state index in [4.69, 9.17) is 71.1 Å². The van der Waals surface area contributed by atoms with Crippen LogP contribution in [0.3, 0.4) is 0 Å². The molecular formula is C75H76O17S. The quantitative estimate of drug-likeness (QED) is 0.0445. The first-order chi connectivity index (χ1) is 45.8. The van der Waals surface area contributed by atoms with Gasteiger partial charge in [0.25, 0.3) is 0 Å². The Hall–Kier alpha value is -7.47. The highest BCUT2D eigenvalue weighted by atomic mass is 32.2. The average Bonchev–Trinajstić information content (AvgIpc) is 0.889. The highest BCUT2D eigenvalue weighted by Crippen LogP contribution is 2.42. The molecule has 16 atom stereocenters. The Labute approximate surface area is 546 Å². The number of benzene rings is 8. The molecular weight excluding hydrogens is 1200 g/mol. The van der Waals surface area contributed by atoms with Crippen molar-refractivity contribution < 1.29 is 80.6 Å². The van der Waals surface area contributed by atoms with Crippen LogP contribution in [-0.2, 0) is 97.5 Å². The zero-order chi connectivity index (χ0) is 63.6. The number of methoxy groups -OCH3 is 2. The molecule has 0 saturated carbocycles. The van der Waals surface area contributed by atoms with Crippen LogP contribution in [0.1, 0.15) is 54.8 Å². The maximum absolute atomic E-state index is 14.8. The molecule has 8 aromatic carbocycles. The van der Waals surface area contributed by atoms with Gasteiger partial charge in [-0.25, -0.2) is 9.59 Å². The second-order valence-corrected chi connectivity index (χ2v) is 24.0. The number of esters is 2. The summed E-state index contributed by atoms with van der Waals surface area (Å²) in [5, 5.41) is 0. The zero-order valence-corrected chi connectivity index (χ0v) is 52.4. The fourth-order valence-electron chi connectivity index (χ4n) is 11.9. The maximum atomic E-state index is 14.8. The number of rotatable bonds is 27. The lowest BCUT2D eigenvalue weighted by Crippen LogP contribution is -2.67. The summed E-state index contributed by atoms with van der Waals surface area (Å²) in [4.78, 5) is 29.9. The van der Waals surface area contributed by atoms with Crippen molar-refractivity contribution in [3.05, 3.63) is 282 Å². The van der Waals surface area contributed by atoms with Crippen LogP contribution >= 0.6 is 11.8 Å². The zero-order valence-electron chi connectivity index (χ0n) is 51.6. The Morgan fingerprint density at radius 3 is 1.37 bits per heavy atom. The number of carbonyl (C=O) groups excluding carboxylic acids is 2. The second kappa shape index (κ2) is 33.1. The van der Waals surface area contributed by atoms with Crippen molar-refractivity contribution in [1.82, 2.24) is 0 Å². The van der Waals surface area contributed by atoms with Gasteiger partial charge < -0.3 is 71.1 Å². The summed E-state index contributed by atoms with van der Waals surface area (Å²) in [7, 11) is 3.04. The summed E-state index contributed by atoms with van der Waals surface area (Å²) in [6, 6.07) is 75.9. The molecule has 0 aromatic heterocycles. The lowest BCUT2D eigenvalue weighted by molar-refractivity contribution is -0.375. The van der Waals surface area contributed by atoms with Gasteiger partial charge in [-0.2, -0.15) is 0 Å². The Bertz CT molecular complexity index is 3500. The van der Waals surface area contributed by atoms with Gasteiger partial charge in [0.1, 0.15) is 66.5 Å². The molecule has 484 valence electrons. The van der Waals surface area contributed by atoms with Gasteiger partial charge in [-0.15, -0.1) is 0 Å². The molecule has 0 spiro atoms. The van der Waals surface area contributed by atoms with Gasteiger partial charge in [0.05, 0.1) is 57.4 Å². The summed E-state index contributed by atoms with van der Waals surface area (Å²) in [6.45, 7) is 0.496. The van der Waals surface area contributed by atoms with E-state index in [1.807, 2.05) is 194 Å². The highest BCUT2D eigenvalue weighted by Gasteiger charge is 2.57. The number of carbonyl (C=O) groups is 2. The first-order valence-electron chi connectivity index (χ1n) is 31.3. The molecule has 0 aliphatic carbocycles. The number of hydrogen-bond donors (Lipinski definition) is 0. The topological polar surface area (TPSA) is 173 Å². The molecule has 1 unspecified atom stereocenters. The smallest absolute Gasteiger partial charge is 0.338 e.